The van der Waals surface area contributed by atoms with Gasteiger partial charge in [0.2, 0.25) is 0 Å². The molecule has 0 bridgehead atoms. The van der Waals surface area contributed by atoms with E-state index in [9.17, 15) is 0 Å². The largest absolute Gasteiger partial charge is 0.307 e. The van der Waals surface area contributed by atoms with E-state index in [2.05, 4.69) is 31.3 Å². The highest BCUT2D eigenvalue weighted by Crippen LogP contribution is 2.19. The number of pyridine rings is 1. The van der Waals surface area contributed by atoms with Crippen molar-refractivity contribution in [3.8, 4) is 0 Å². The molecule has 0 radical (unpaired) electrons. The summed E-state index contributed by atoms with van der Waals surface area (Å²) in [7, 11) is 0. The highest BCUT2D eigenvalue weighted by Gasteiger charge is 2.20. The summed E-state index contributed by atoms with van der Waals surface area (Å²) in [5, 5.41) is 7.81. The van der Waals surface area contributed by atoms with Gasteiger partial charge in [0.1, 0.15) is 4.60 Å². The molecular formula is C10H11BrN4. The summed E-state index contributed by atoms with van der Waals surface area (Å²) in [6, 6.07) is 6.57. The molecule has 1 saturated carbocycles. The van der Waals surface area contributed by atoms with Crippen molar-refractivity contribution >= 4 is 21.6 Å². The van der Waals surface area contributed by atoms with Crippen LogP contribution in [0.15, 0.2) is 22.8 Å². The Morgan fingerprint density at radius 2 is 2.33 bits per heavy atom. The van der Waals surface area contributed by atoms with E-state index in [1.165, 1.54) is 12.8 Å². The lowest BCUT2D eigenvalue weighted by molar-refractivity contribution is 0.656. The van der Waals surface area contributed by atoms with Crippen LogP contribution in [0.3, 0.4) is 0 Å². The Kier molecular flexibility index (Phi) is 2.21. The van der Waals surface area contributed by atoms with Crippen LogP contribution in [0.4, 0.5) is 0 Å². The summed E-state index contributed by atoms with van der Waals surface area (Å²) in [6.07, 6.45) is 2.58. The molecule has 5 heteroatoms. The highest BCUT2D eigenvalue weighted by molar-refractivity contribution is 9.10. The molecule has 0 amide bonds. The van der Waals surface area contributed by atoms with Crippen molar-refractivity contribution in [2.24, 2.45) is 0 Å². The number of hydrogen-bond donors (Lipinski definition) is 1. The van der Waals surface area contributed by atoms with Crippen molar-refractivity contribution < 1.29 is 0 Å². The lowest BCUT2D eigenvalue weighted by Crippen LogP contribution is -2.16. The first-order valence-corrected chi connectivity index (χ1v) is 5.86. The van der Waals surface area contributed by atoms with Gasteiger partial charge in [-0.15, -0.1) is 5.10 Å². The predicted molar refractivity (Wildman–Crippen MR) is 60.5 cm³/mol. The average Bonchev–Trinajstić information content (AvgIpc) is 2.95. The fourth-order valence-electron chi connectivity index (χ4n) is 1.52. The lowest BCUT2D eigenvalue weighted by atomic mass is 10.5. The third kappa shape index (κ3) is 1.89. The monoisotopic (exact) mass is 266 g/mol. The number of aromatic nitrogens is 3. The van der Waals surface area contributed by atoms with Crippen LogP contribution >= 0.6 is 15.9 Å². The molecule has 3 rings (SSSR count). The van der Waals surface area contributed by atoms with E-state index in [0.717, 1.165) is 22.6 Å². The minimum Gasteiger partial charge on any atom is -0.307 e. The molecule has 2 aromatic heterocycles. The van der Waals surface area contributed by atoms with Gasteiger partial charge in [0, 0.05) is 6.04 Å². The molecule has 0 spiro atoms. The molecule has 78 valence electrons. The number of fused-ring (bicyclic) bond motifs is 1. The molecular weight excluding hydrogens is 256 g/mol. The van der Waals surface area contributed by atoms with Crippen LogP contribution in [0.1, 0.15) is 18.7 Å². The third-order valence-corrected chi connectivity index (χ3v) is 3.08. The standard InChI is InChI=1S/C10H11BrN4/c11-8-2-1-3-10-13-9(14-15(8)10)6-12-7-4-5-7/h1-3,7,12H,4-6H2. The molecule has 0 aromatic carbocycles. The van der Waals surface area contributed by atoms with Gasteiger partial charge in [0.05, 0.1) is 6.54 Å². The Morgan fingerprint density at radius 1 is 1.47 bits per heavy atom. The summed E-state index contributed by atoms with van der Waals surface area (Å²) >= 11 is 3.44. The molecule has 1 fully saturated rings. The van der Waals surface area contributed by atoms with Crippen molar-refractivity contribution in [2.75, 3.05) is 0 Å². The number of hydrogen-bond acceptors (Lipinski definition) is 3. The fraction of sp³-hybridized carbons (Fsp3) is 0.400. The van der Waals surface area contributed by atoms with Gasteiger partial charge in [0.15, 0.2) is 11.5 Å². The first-order valence-electron chi connectivity index (χ1n) is 5.06. The zero-order valence-electron chi connectivity index (χ0n) is 8.15. The Hall–Kier alpha value is -0.940. The summed E-state index contributed by atoms with van der Waals surface area (Å²) in [5.74, 6) is 0.855. The predicted octanol–water partition coefficient (Wildman–Crippen LogP) is 1.74. The number of nitrogens with one attached hydrogen (secondary N) is 1. The van der Waals surface area contributed by atoms with Gasteiger partial charge < -0.3 is 5.32 Å². The van der Waals surface area contributed by atoms with Crippen LogP contribution < -0.4 is 5.32 Å². The maximum absolute atomic E-state index is 4.43. The molecule has 1 N–H and O–H groups in total. The second kappa shape index (κ2) is 3.57. The van der Waals surface area contributed by atoms with Gasteiger partial charge >= 0.3 is 0 Å². The van der Waals surface area contributed by atoms with E-state index in [1.807, 2.05) is 22.7 Å². The summed E-state index contributed by atoms with van der Waals surface area (Å²) in [5.41, 5.74) is 0.886. The van der Waals surface area contributed by atoms with Crippen molar-refractivity contribution in [2.45, 2.75) is 25.4 Å². The fourth-order valence-corrected chi connectivity index (χ4v) is 1.93. The van der Waals surface area contributed by atoms with Gasteiger partial charge in [0.25, 0.3) is 0 Å². The van der Waals surface area contributed by atoms with Crippen LogP contribution in [0.2, 0.25) is 0 Å². The van der Waals surface area contributed by atoms with Gasteiger partial charge in [-0.25, -0.2) is 9.50 Å². The minimum absolute atomic E-state index is 0.694. The van der Waals surface area contributed by atoms with Gasteiger partial charge in [-0.05, 0) is 40.9 Å². The van der Waals surface area contributed by atoms with Gasteiger partial charge in [-0.3, -0.25) is 0 Å². The number of rotatable bonds is 3. The van der Waals surface area contributed by atoms with Gasteiger partial charge in [-0.2, -0.15) is 0 Å². The Labute approximate surface area is 95.8 Å². The molecule has 4 nitrogen and oxygen atoms in total. The third-order valence-electron chi connectivity index (χ3n) is 2.48. The highest BCUT2D eigenvalue weighted by atomic mass is 79.9. The molecule has 0 atom stereocenters. The van der Waals surface area contributed by atoms with E-state index in [-0.39, 0.29) is 0 Å². The normalized spacial score (nSPS) is 16.1. The van der Waals surface area contributed by atoms with E-state index in [1.54, 1.807) is 0 Å². The second-order valence-electron chi connectivity index (χ2n) is 3.80. The second-order valence-corrected chi connectivity index (χ2v) is 4.61. The van der Waals surface area contributed by atoms with Crippen LogP contribution in [0, 0.1) is 0 Å². The summed E-state index contributed by atoms with van der Waals surface area (Å²) in [6.45, 7) is 0.763. The topological polar surface area (TPSA) is 42.2 Å². The van der Waals surface area contributed by atoms with E-state index >= 15 is 0 Å². The average molecular weight is 267 g/mol. The molecule has 1 aliphatic carbocycles. The Balaban J connectivity index is 1.88. The smallest absolute Gasteiger partial charge is 0.165 e. The lowest BCUT2D eigenvalue weighted by Gasteiger charge is -1.95. The summed E-state index contributed by atoms with van der Waals surface area (Å²) in [4.78, 5) is 4.43. The maximum atomic E-state index is 4.43. The molecule has 0 saturated heterocycles. The SMILES string of the molecule is Brc1cccc2nc(CNC3CC3)nn12. The quantitative estimate of drug-likeness (QED) is 0.861. The van der Waals surface area contributed by atoms with Crippen LogP contribution in [-0.2, 0) is 6.54 Å². The summed E-state index contributed by atoms with van der Waals surface area (Å²) < 4.78 is 2.74. The van der Waals surface area contributed by atoms with Crippen LogP contribution in [0.5, 0.6) is 0 Å². The van der Waals surface area contributed by atoms with E-state index < -0.39 is 0 Å². The van der Waals surface area contributed by atoms with Gasteiger partial charge in [-0.1, -0.05) is 6.07 Å². The molecule has 0 unspecified atom stereocenters. The minimum atomic E-state index is 0.694. The number of halogens is 1. The van der Waals surface area contributed by atoms with Crippen molar-refractivity contribution in [3.05, 3.63) is 28.6 Å². The zero-order chi connectivity index (χ0) is 10.3. The first kappa shape index (κ1) is 9.30. The Bertz CT molecular complexity index is 489. The molecule has 2 heterocycles. The molecule has 1 aliphatic rings. The molecule has 15 heavy (non-hydrogen) atoms. The van der Waals surface area contributed by atoms with Crippen molar-refractivity contribution in [1.82, 2.24) is 19.9 Å². The van der Waals surface area contributed by atoms with E-state index in [0.29, 0.717) is 6.04 Å². The molecule has 2 aromatic rings. The molecule has 0 aliphatic heterocycles. The van der Waals surface area contributed by atoms with Crippen LogP contribution in [0.25, 0.3) is 5.65 Å². The first-order chi connectivity index (χ1) is 7.33. The maximum Gasteiger partial charge on any atom is 0.165 e. The van der Waals surface area contributed by atoms with Crippen molar-refractivity contribution in [1.29, 1.82) is 0 Å². The Morgan fingerprint density at radius 3 is 3.07 bits per heavy atom. The van der Waals surface area contributed by atoms with Crippen molar-refractivity contribution in [3.63, 3.8) is 0 Å². The number of nitrogens with zero attached hydrogens (tertiary/aromatic N) is 3. The van der Waals surface area contributed by atoms with Crippen LogP contribution in [-0.4, -0.2) is 20.6 Å². The van der Waals surface area contributed by atoms with E-state index in [4.69, 9.17) is 0 Å². The zero-order valence-corrected chi connectivity index (χ0v) is 9.74.